The van der Waals surface area contributed by atoms with E-state index in [-0.39, 0.29) is 27.4 Å². The van der Waals surface area contributed by atoms with Gasteiger partial charge in [-0.3, -0.25) is 0 Å². The van der Waals surface area contributed by atoms with Gasteiger partial charge in [-0.2, -0.15) is 0 Å². The molecular weight excluding hydrogens is 1100 g/mol. The maximum atomic E-state index is 6.00. The molecule has 16 rings (SSSR count). The molecule has 4 aliphatic heterocycles. The quantitative estimate of drug-likeness (QED) is 0.126. The Labute approximate surface area is 520 Å². The first-order chi connectivity index (χ1) is 43.0. The Morgan fingerprint density at radius 1 is 0.393 bits per heavy atom. The monoisotopic (exact) mass is 1170 g/mol. The highest BCUT2D eigenvalue weighted by molar-refractivity contribution is 6.82. The summed E-state index contributed by atoms with van der Waals surface area (Å²) < 4.78 is 32.5. The normalized spacial score (nSPS) is 13.8. The van der Waals surface area contributed by atoms with Gasteiger partial charge in [0.2, 0.25) is 22.9 Å². The van der Waals surface area contributed by atoms with Gasteiger partial charge in [0, 0.05) is 92.5 Å². The Bertz CT molecular complexity index is 4850. The summed E-state index contributed by atoms with van der Waals surface area (Å²) in [5, 5.41) is 4.25. The average molecular weight is 1170 g/mol. The number of hydrogen-bond acceptors (Lipinski definition) is 12. The van der Waals surface area contributed by atoms with Crippen LogP contribution in [0.3, 0.4) is 0 Å². The van der Waals surface area contributed by atoms with Crippen molar-refractivity contribution in [3.05, 3.63) is 215 Å². The molecule has 0 spiro atoms. The van der Waals surface area contributed by atoms with E-state index < -0.39 is 0 Å². The van der Waals surface area contributed by atoms with E-state index in [1.54, 1.807) is 18.6 Å². The van der Waals surface area contributed by atoms with Crippen molar-refractivity contribution in [1.82, 2.24) is 19.9 Å². The summed E-state index contributed by atoms with van der Waals surface area (Å²) in [6, 6.07) is 33.3. The Morgan fingerprint density at radius 2 is 0.888 bits per heavy atom. The predicted octanol–water partition coefficient (Wildman–Crippen LogP) is 7.75. The Hall–Kier alpha value is -10.2. The fourth-order valence-corrected chi connectivity index (χ4v) is 12.7. The Balaban J connectivity index is 0.000000109. The Morgan fingerprint density at radius 3 is 1.44 bits per heavy atom. The molecule has 0 unspecified atom stereocenters. The van der Waals surface area contributed by atoms with Crippen molar-refractivity contribution in [3.63, 3.8) is 0 Å². The van der Waals surface area contributed by atoms with Crippen LogP contribution in [0.4, 0.5) is 23.3 Å². The second kappa shape index (κ2) is 23.5. The molecule has 89 heavy (non-hydrogen) atoms. The number of hydrogen-bond donors (Lipinski definition) is 0. The van der Waals surface area contributed by atoms with Crippen molar-refractivity contribution in [2.24, 2.45) is 28.2 Å². The third kappa shape index (κ3) is 10.7. The largest absolute Gasteiger partial charge is 0.436 e. The molecule has 0 saturated carbocycles. The van der Waals surface area contributed by atoms with Crippen LogP contribution < -0.4 is 59.9 Å². The van der Waals surface area contributed by atoms with Crippen LogP contribution in [0.2, 0.25) is 0 Å². The number of fused-ring (bicyclic) bond motifs is 12. The van der Waals surface area contributed by atoms with Crippen molar-refractivity contribution in [1.29, 1.82) is 0 Å². The van der Waals surface area contributed by atoms with Crippen LogP contribution in [0, 0.1) is 34.6 Å². The molecule has 0 radical (unpaired) electrons. The Kier molecular flexibility index (Phi) is 15.2. The minimum absolute atomic E-state index is 0.146. The number of aryl methyl sites for hydroxylation is 9. The van der Waals surface area contributed by atoms with E-state index in [9.17, 15) is 0 Å². The first-order valence-corrected chi connectivity index (χ1v) is 30.0. The van der Waals surface area contributed by atoms with Crippen LogP contribution in [0.1, 0.15) is 50.4 Å². The molecule has 20 heteroatoms. The summed E-state index contributed by atoms with van der Waals surface area (Å²) in [5.41, 5.74) is 18.2. The summed E-state index contributed by atoms with van der Waals surface area (Å²) in [6.45, 7) is 11.1. The summed E-state index contributed by atoms with van der Waals surface area (Å²) in [6.07, 6.45) is 22.3. The topological polar surface area (TPSA) is 133 Å². The van der Waals surface area contributed by atoms with Crippen molar-refractivity contribution in [2.75, 3.05) is 47.4 Å². The predicted molar refractivity (Wildman–Crippen MR) is 361 cm³/mol. The van der Waals surface area contributed by atoms with Gasteiger partial charge >= 0.3 is 27.4 Å². The van der Waals surface area contributed by atoms with Crippen LogP contribution in [-0.2, 0) is 28.2 Å². The van der Waals surface area contributed by atoms with E-state index in [0.717, 1.165) is 73.0 Å². The lowest BCUT2D eigenvalue weighted by molar-refractivity contribution is -0.654. The first kappa shape index (κ1) is 57.8. The van der Waals surface area contributed by atoms with Gasteiger partial charge < -0.3 is 36.9 Å². The van der Waals surface area contributed by atoms with Gasteiger partial charge in [-0.25, -0.2) is 38.2 Å². The summed E-state index contributed by atoms with van der Waals surface area (Å²) in [5.74, 6) is 12.4. The highest BCUT2D eigenvalue weighted by atomic mass is 16.4. The highest BCUT2D eigenvalue weighted by Crippen LogP contribution is 2.39. The second-order valence-corrected chi connectivity index (χ2v) is 23.7. The zero-order chi connectivity index (χ0) is 61.9. The standard InChI is InChI=1S/C18H19BN3O.3C17H17BN3O/c1-12-10-16(21(3)11-13(12)2)19-8-7-15-14-6-5-9-20-17(14)23-18(15)22(19)4;1-12-7-10-20(2)15(11-12)18-8-6-14-13-5-4-9-19-16(13)22-17(14)21(18)3;1-12-6-7-15(20(2)11-12)18-9-8-14-13-5-4-10-19-16(13)22-17(14)21(18)3;1-12-7-8-13-16-14(22-17(13)19-12)9-10-18(21(16)3)15-6-4-5-11-20(15)2/h5-11H,1-4H3;3*4-11H,1-3H3/q4*+1. The van der Waals surface area contributed by atoms with Gasteiger partial charge in [-0.05, 0) is 147 Å². The minimum atomic E-state index is 0.146. The van der Waals surface area contributed by atoms with Crippen molar-refractivity contribution < 1.29 is 35.9 Å². The third-order valence-electron chi connectivity index (χ3n) is 17.7. The molecule has 4 aliphatic rings. The molecule has 0 N–H and O–H groups in total. The summed E-state index contributed by atoms with van der Waals surface area (Å²) in [7, 11) is 16.6. The number of pyridine rings is 8. The van der Waals surface area contributed by atoms with Crippen LogP contribution >= 0.6 is 0 Å². The number of rotatable bonds is 4. The van der Waals surface area contributed by atoms with Gasteiger partial charge in [-0.15, -0.1) is 0 Å². The number of anilines is 4. The van der Waals surface area contributed by atoms with Gasteiger partial charge in [0.25, 0.3) is 0 Å². The van der Waals surface area contributed by atoms with Crippen LogP contribution in [0.5, 0.6) is 0 Å². The second-order valence-electron chi connectivity index (χ2n) is 23.7. The van der Waals surface area contributed by atoms with Crippen LogP contribution in [0.25, 0.3) is 68.7 Å². The molecule has 12 aromatic rings. The molecule has 0 fully saturated rings. The van der Waals surface area contributed by atoms with E-state index in [1.165, 1.54) is 44.6 Å². The summed E-state index contributed by atoms with van der Waals surface area (Å²) in [4.78, 5) is 26.2. The molecule has 0 bridgehead atoms. The van der Waals surface area contributed by atoms with Crippen molar-refractivity contribution in [3.8, 4) is 0 Å². The van der Waals surface area contributed by atoms with E-state index in [1.807, 2.05) is 37.3 Å². The molecule has 0 aliphatic carbocycles. The molecule has 0 aromatic carbocycles. The number of nitrogens with zero attached hydrogens (tertiary/aromatic N) is 12. The number of furan rings is 4. The van der Waals surface area contributed by atoms with Gasteiger partial charge in [0.15, 0.2) is 70.6 Å². The number of aromatic nitrogens is 8. The van der Waals surface area contributed by atoms with Crippen molar-refractivity contribution in [2.45, 2.75) is 34.6 Å². The SMILES string of the molecule is Cc1cc(B2C=Cc3c(oc4ncccc34)N2C)[n+](C)cc1C.Cc1cc[n+](C)c(B2C=Cc3c(oc4ncccc34)N2C)c1.Cc1ccc(B2C=Cc3c(oc4ncccc34)N2C)[n+](C)c1.Cc1ccc2c3c(oc2n1)C=CB(c1cccc[n+]1C)N3C. The maximum Gasteiger partial charge on any atom is 0.398 e. The van der Waals surface area contributed by atoms with Crippen LogP contribution in [-0.4, -0.2) is 75.5 Å². The zero-order valence-corrected chi connectivity index (χ0v) is 52.7. The first-order valence-electron chi connectivity index (χ1n) is 30.0. The lowest BCUT2D eigenvalue weighted by Crippen LogP contribution is -2.60. The van der Waals surface area contributed by atoms with E-state index >= 15 is 0 Å². The molecule has 16 nitrogen and oxygen atoms in total. The maximum absolute atomic E-state index is 6.00. The highest BCUT2D eigenvalue weighted by Gasteiger charge is 2.39. The van der Waals surface area contributed by atoms with E-state index in [0.29, 0.717) is 22.9 Å². The summed E-state index contributed by atoms with van der Waals surface area (Å²) >= 11 is 0. The van der Waals surface area contributed by atoms with E-state index in [4.69, 9.17) is 17.7 Å². The molecule has 438 valence electrons. The molecule has 0 amide bonds. The molecular formula is C69H70B4N12O4+4. The smallest absolute Gasteiger partial charge is 0.398 e. The minimum Gasteiger partial charge on any atom is -0.436 e. The molecule has 16 heterocycles. The van der Waals surface area contributed by atoms with Crippen molar-refractivity contribution >= 4 is 142 Å². The molecule has 12 aromatic heterocycles. The van der Waals surface area contributed by atoms with E-state index in [2.05, 4.69) is 281 Å². The lowest BCUT2D eigenvalue weighted by atomic mass is 9.55. The fourth-order valence-electron chi connectivity index (χ4n) is 12.7. The van der Waals surface area contributed by atoms with Gasteiger partial charge in [-0.1, -0.05) is 48.2 Å². The lowest BCUT2D eigenvalue weighted by Gasteiger charge is -2.25. The fraction of sp³-hybridized carbons (Fsp3) is 0.188. The molecule has 0 atom stereocenters. The van der Waals surface area contributed by atoms with Crippen LogP contribution in [0.15, 0.2) is 182 Å². The molecule has 0 saturated heterocycles. The zero-order valence-electron chi connectivity index (χ0n) is 52.7. The average Bonchev–Trinajstić information content (AvgIpc) is 2.36. The van der Waals surface area contributed by atoms with Gasteiger partial charge in [0.05, 0.1) is 11.1 Å². The van der Waals surface area contributed by atoms with Gasteiger partial charge in [0.1, 0.15) is 28.2 Å². The third-order valence-corrected chi connectivity index (χ3v) is 17.7.